The minimum Gasteiger partial charge on any atom is -0.459 e. The summed E-state index contributed by atoms with van der Waals surface area (Å²) in [5, 5.41) is 3.94. The molecule has 5 heteroatoms. The second kappa shape index (κ2) is 9.41. The zero-order valence-electron chi connectivity index (χ0n) is 17.2. The van der Waals surface area contributed by atoms with Crippen molar-refractivity contribution in [3.8, 4) is 0 Å². The third-order valence-electron chi connectivity index (χ3n) is 4.88. The highest BCUT2D eigenvalue weighted by atomic mass is 16.5. The molecule has 1 amide bonds. The summed E-state index contributed by atoms with van der Waals surface area (Å²) in [6, 6.07) is 16.9. The van der Waals surface area contributed by atoms with Crippen LogP contribution >= 0.6 is 0 Å². The van der Waals surface area contributed by atoms with Gasteiger partial charge in [0.2, 0.25) is 5.91 Å². The van der Waals surface area contributed by atoms with Gasteiger partial charge >= 0.3 is 5.97 Å². The van der Waals surface area contributed by atoms with Gasteiger partial charge in [0.25, 0.3) is 0 Å². The van der Waals surface area contributed by atoms with Gasteiger partial charge in [-0.15, -0.1) is 0 Å². The molecule has 152 valence electrons. The average molecular weight is 392 g/mol. The van der Waals surface area contributed by atoms with E-state index in [0.29, 0.717) is 6.42 Å². The van der Waals surface area contributed by atoms with Gasteiger partial charge in [0.05, 0.1) is 6.42 Å². The van der Waals surface area contributed by atoms with Gasteiger partial charge in [0.1, 0.15) is 12.6 Å². The lowest BCUT2D eigenvalue weighted by atomic mass is 10.0. The molecule has 0 saturated heterocycles. The predicted molar refractivity (Wildman–Crippen MR) is 114 cm³/mol. The molecule has 0 bridgehead atoms. The molecule has 29 heavy (non-hydrogen) atoms. The van der Waals surface area contributed by atoms with E-state index < -0.39 is 12.0 Å². The van der Waals surface area contributed by atoms with Gasteiger partial charge in [-0.25, -0.2) is 4.79 Å². The number of carbonyl (C=O) groups is 2. The molecule has 0 aliphatic carbocycles. The third kappa shape index (κ3) is 5.47. The topological polar surface area (TPSA) is 60.3 Å². The lowest BCUT2D eigenvalue weighted by Crippen LogP contribution is -2.43. The molecule has 1 aromatic heterocycles. The Bertz CT molecular complexity index is 976. The number of nitrogens with zero attached hydrogens (tertiary/aromatic N) is 1. The van der Waals surface area contributed by atoms with Crippen molar-refractivity contribution in [2.45, 2.75) is 39.3 Å². The van der Waals surface area contributed by atoms with Gasteiger partial charge in [0.15, 0.2) is 0 Å². The van der Waals surface area contributed by atoms with Crippen LogP contribution in [0.5, 0.6) is 0 Å². The summed E-state index contributed by atoms with van der Waals surface area (Å²) in [6.07, 6.45) is 2.73. The molecule has 0 unspecified atom stereocenters. The van der Waals surface area contributed by atoms with Crippen LogP contribution < -0.4 is 5.32 Å². The van der Waals surface area contributed by atoms with E-state index in [2.05, 4.69) is 5.32 Å². The van der Waals surface area contributed by atoms with Gasteiger partial charge in [-0.2, -0.15) is 0 Å². The second-order valence-electron chi connectivity index (χ2n) is 7.80. The van der Waals surface area contributed by atoms with Crippen LogP contribution in [0.15, 0.2) is 60.8 Å². The summed E-state index contributed by atoms with van der Waals surface area (Å²) in [7, 11) is 1.96. The first kappa shape index (κ1) is 20.6. The van der Waals surface area contributed by atoms with Crippen molar-refractivity contribution in [3.63, 3.8) is 0 Å². The van der Waals surface area contributed by atoms with Crippen molar-refractivity contribution in [2.24, 2.45) is 13.0 Å². The number of aromatic nitrogens is 1. The molecule has 5 nitrogen and oxygen atoms in total. The van der Waals surface area contributed by atoms with E-state index in [1.54, 1.807) is 0 Å². The molecule has 1 atom stereocenters. The molecule has 0 aliphatic heterocycles. The largest absolute Gasteiger partial charge is 0.459 e. The van der Waals surface area contributed by atoms with Crippen molar-refractivity contribution in [3.05, 3.63) is 71.9 Å². The Morgan fingerprint density at radius 1 is 1.03 bits per heavy atom. The van der Waals surface area contributed by atoms with Gasteiger partial charge in [-0.1, -0.05) is 62.4 Å². The highest BCUT2D eigenvalue weighted by Gasteiger charge is 2.24. The van der Waals surface area contributed by atoms with E-state index in [4.69, 9.17) is 4.74 Å². The quantitative estimate of drug-likeness (QED) is 0.590. The molecule has 0 spiro atoms. The van der Waals surface area contributed by atoms with E-state index in [1.165, 1.54) is 0 Å². The van der Waals surface area contributed by atoms with Gasteiger partial charge < -0.3 is 14.6 Å². The fraction of sp³-hybridized carbons (Fsp3) is 0.333. The van der Waals surface area contributed by atoms with Crippen LogP contribution in [-0.4, -0.2) is 22.5 Å². The Morgan fingerprint density at radius 3 is 2.45 bits per heavy atom. The summed E-state index contributed by atoms with van der Waals surface area (Å²) in [5.41, 5.74) is 2.95. The Labute approximate surface area is 171 Å². The maximum atomic E-state index is 12.7. The maximum Gasteiger partial charge on any atom is 0.328 e. The highest BCUT2D eigenvalue weighted by molar-refractivity contribution is 5.91. The number of benzene rings is 2. The number of rotatable bonds is 8. The Balaban J connectivity index is 1.65. The average Bonchev–Trinajstić information content (AvgIpc) is 3.02. The summed E-state index contributed by atoms with van der Waals surface area (Å²) in [5.74, 6) is -0.320. The normalized spacial score (nSPS) is 12.1. The number of nitrogens with one attached hydrogen (secondary N) is 1. The number of aryl methyl sites for hydroxylation is 1. The Hall–Kier alpha value is -3.08. The third-order valence-corrected chi connectivity index (χ3v) is 4.88. The molecule has 2 aromatic carbocycles. The van der Waals surface area contributed by atoms with E-state index in [0.717, 1.165) is 22.0 Å². The minimum absolute atomic E-state index is 0.177. The van der Waals surface area contributed by atoms with E-state index in [9.17, 15) is 9.59 Å². The van der Waals surface area contributed by atoms with Crippen molar-refractivity contribution in [1.29, 1.82) is 0 Å². The number of hydrogen-bond donors (Lipinski definition) is 1. The first-order valence-corrected chi connectivity index (χ1v) is 9.97. The zero-order valence-corrected chi connectivity index (χ0v) is 17.2. The molecular formula is C24H28N2O3. The lowest BCUT2D eigenvalue weighted by molar-refractivity contribution is -0.149. The molecule has 1 N–H and O–H groups in total. The summed E-state index contributed by atoms with van der Waals surface area (Å²) in [4.78, 5) is 25.3. The number of fused-ring (bicyclic) bond motifs is 1. The van der Waals surface area contributed by atoms with Crippen LogP contribution in [0.1, 0.15) is 31.4 Å². The fourth-order valence-electron chi connectivity index (χ4n) is 3.50. The van der Waals surface area contributed by atoms with Crippen molar-refractivity contribution in [1.82, 2.24) is 9.88 Å². The van der Waals surface area contributed by atoms with E-state index >= 15 is 0 Å². The number of amides is 1. The van der Waals surface area contributed by atoms with Crippen molar-refractivity contribution in [2.75, 3.05) is 0 Å². The highest BCUT2D eigenvalue weighted by Crippen LogP contribution is 2.21. The van der Waals surface area contributed by atoms with Crippen LogP contribution in [0, 0.1) is 5.92 Å². The van der Waals surface area contributed by atoms with Gasteiger partial charge in [-0.3, -0.25) is 4.79 Å². The molecule has 0 radical (unpaired) electrons. The van der Waals surface area contributed by atoms with Crippen LogP contribution in [0.3, 0.4) is 0 Å². The number of para-hydroxylation sites is 1. The summed E-state index contributed by atoms with van der Waals surface area (Å²) in [6.45, 7) is 4.25. The predicted octanol–water partition coefficient (Wildman–Crippen LogP) is 4.00. The Morgan fingerprint density at radius 2 is 1.72 bits per heavy atom. The number of carbonyl (C=O) groups excluding carboxylic acids is 2. The van der Waals surface area contributed by atoms with Crippen molar-refractivity contribution < 1.29 is 14.3 Å². The first-order valence-electron chi connectivity index (χ1n) is 9.97. The molecule has 3 rings (SSSR count). The van der Waals surface area contributed by atoms with Gasteiger partial charge in [-0.05, 0) is 29.5 Å². The molecule has 3 aromatic rings. The van der Waals surface area contributed by atoms with E-state index in [-0.39, 0.29) is 24.9 Å². The van der Waals surface area contributed by atoms with E-state index in [1.807, 2.05) is 86.3 Å². The number of ether oxygens (including phenoxy) is 1. The second-order valence-corrected chi connectivity index (χ2v) is 7.80. The van der Waals surface area contributed by atoms with Crippen LogP contribution in [0.4, 0.5) is 0 Å². The molecule has 0 saturated carbocycles. The summed E-state index contributed by atoms with van der Waals surface area (Å²) >= 11 is 0. The van der Waals surface area contributed by atoms with Gasteiger partial charge in [0, 0.05) is 24.1 Å². The lowest BCUT2D eigenvalue weighted by Gasteiger charge is -2.19. The molecule has 0 fully saturated rings. The Kier molecular flexibility index (Phi) is 6.70. The SMILES string of the molecule is CC(C)C[C@H](NC(=O)Cc1cn(C)c2ccccc12)C(=O)OCc1ccccc1. The van der Waals surface area contributed by atoms with Crippen LogP contribution in [0.25, 0.3) is 10.9 Å². The van der Waals surface area contributed by atoms with Crippen LogP contribution in [0.2, 0.25) is 0 Å². The summed E-state index contributed by atoms with van der Waals surface area (Å²) < 4.78 is 7.47. The fourth-order valence-corrected chi connectivity index (χ4v) is 3.50. The molecule has 0 aliphatic rings. The maximum absolute atomic E-state index is 12.7. The first-order chi connectivity index (χ1) is 13.9. The molecular weight excluding hydrogens is 364 g/mol. The number of hydrogen-bond acceptors (Lipinski definition) is 3. The van der Waals surface area contributed by atoms with Crippen molar-refractivity contribution >= 4 is 22.8 Å². The molecule has 1 heterocycles. The standard InChI is InChI=1S/C24H28N2O3/c1-17(2)13-21(24(28)29-16-18-9-5-4-6-10-18)25-23(27)14-19-15-26(3)22-12-8-7-11-20(19)22/h4-12,15,17,21H,13-14,16H2,1-3H3,(H,25,27)/t21-/m0/s1. The number of esters is 1. The monoisotopic (exact) mass is 392 g/mol. The zero-order chi connectivity index (χ0) is 20.8. The smallest absolute Gasteiger partial charge is 0.328 e. The van der Waals surface area contributed by atoms with Crippen LogP contribution in [-0.2, 0) is 34.4 Å². The minimum atomic E-state index is -0.652.